The number of hydrogen-bond donors (Lipinski definition) is 0. The molecule has 3 rings (SSSR count). The van der Waals surface area contributed by atoms with E-state index in [1.165, 1.54) is 12.1 Å². The number of benzene rings is 3. The molecule has 0 spiro atoms. The highest BCUT2D eigenvalue weighted by atomic mass is 35.5. The third-order valence-electron chi connectivity index (χ3n) is 4.38. The van der Waals surface area contributed by atoms with Gasteiger partial charge in [-0.3, -0.25) is 0 Å². The van der Waals surface area contributed by atoms with Crippen molar-refractivity contribution in [3.8, 4) is 11.5 Å². The van der Waals surface area contributed by atoms with Crippen molar-refractivity contribution >= 4 is 23.2 Å². The van der Waals surface area contributed by atoms with Crippen molar-refractivity contribution in [3.63, 3.8) is 0 Å². The summed E-state index contributed by atoms with van der Waals surface area (Å²) in [6, 6.07) is 19.2. The van der Waals surface area contributed by atoms with E-state index in [2.05, 4.69) is 13.8 Å². The molecule has 0 saturated heterocycles. The predicted molar refractivity (Wildman–Crippen MR) is 112 cm³/mol. The Morgan fingerprint density at radius 3 is 2.32 bits per heavy atom. The molecule has 3 aromatic rings. The third-order valence-corrected chi connectivity index (χ3v) is 5.12. The van der Waals surface area contributed by atoms with Gasteiger partial charge in [0.1, 0.15) is 17.3 Å². The molecule has 0 aliphatic carbocycles. The minimum atomic E-state index is -0.293. The molecule has 0 aliphatic heterocycles. The first-order chi connectivity index (χ1) is 13.3. The lowest BCUT2D eigenvalue weighted by atomic mass is 9.85. The molecule has 0 aromatic heterocycles. The molecule has 0 unspecified atom stereocenters. The molecule has 0 radical (unpaired) electrons. The van der Waals surface area contributed by atoms with Gasteiger partial charge in [0.25, 0.3) is 0 Å². The molecule has 0 amide bonds. The molecule has 0 heterocycles. The van der Waals surface area contributed by atoms with Gasteiger partial charge in [0.05, 0.1) is 23.3 Å². The topological polar surface area (TPSA) is 18.5 Å². The van der Waals surface area contributed by atoms with Gasteiger partial charge >= 0.3 is 0 Å². The van der Waals surface area contributed by atoms with Gasteiger partial charge in [0.15, 0.2) is 0 Å². The van der Waals surface area contributed by atoms with Gasteiger partial charge in [-0.2, -0.15) is 0 Å². The standard InChI is InChI=1S/C23H21Cl2FO2/c1-23(2,17-6-11-21(24)22(25)13-17)15-27-14-16-4-3-5-20(12-16)28-19-9-7-18(26)8-10-19/h3-13H,14-15H2,1-2H3. The maximum Gasteiger partial charge on any atom is 0.127 e. The van der Waals surface area contributed by atoms with Crippen LogP contribution in [-0.4, -0.2) is 6.61 Å². The Labute approximate surface area is 174 Å². The molecular weight excluding hydrogens is 398 g/mol. The fourth-order valence-corrected chi connectivity index (χ4v) is 3.06. The summed E-state index contributed by atoms with van der Waals surface area (Å²) in [5, 5.41) is 1.08. The quantitative estimate of drug-likeness (QED) is 0.397. The van der Waals surface area contributed by atoms with Crippen LogP contribution in [-0.2, 0) is 16.8 Å². The molecule has 146 valence electrons. The number of halogens is 3. The van der Waals surface area contributed by atoms with Crippen LogP contribution in [0.4, 0.5) is 4.39 Å². The molecular formula is C23H21Cl2FO2. The van der Waals surface area contributed by atoms with Crippen molar-refractivity contribution in [2.24, 2.45) is 0 Å². The highest BCUT2D eigenvalue weighted by Gasteiger charge is 2.22. The summed E-state index contributed by atoms with van der Waals surface area (Å²) in [7, 11) is 0. The Morgan fingerprint density at radius 2 is 1.61 bits per heavy atom. The molecule has 0 atom stereocenters. The molecule has 0 saturated carbocycles. The van der Waals surface area contributed by atoms with E-state index < -0.39 is 0 Å². The van der Waals surface area contributed by atoms with Crippen LogP contribution in [0.5, 0.6) is 11.5 Å². The van der Waals surface area contributed by atoms with Gasteiger partial charge in [-0.1, -0.05) is 55.2 Å². The second-order valence-corrected chi connectivity index (χ2v) is 8.02. The Balaban J connectivity index is 1.59. The Bertz CT molecular complexity index is 940. The van der Waals surface area contributed by atoms with E-state index >= 15 is 0 Å². The van der Waals surface area contributed by atoms with Crippen LogP contribution in [0, 0.1) is 5.82 Å². The molecule has 2 nitrogen and oxygen atoms in total. The van der Waals surface area contributed by atoms with Crippen molar-refractivity contribution in [1.29, 1.82) is 0 Å². The number of hydrogen-bond acceptors (Lipinski definition) is 2. The van der Waals surface area contributed by atoms with Crippen molar-refractivity contribution in [1.82, 2.24) is 0 Å². The maximum absolute atomic E-state index is 13.0. The molecule has 0 N–H and O–H groups in total. The summed E-state index contributed by atoms with van der Waals surface area (Å²) in [4.78, 5) is 0. The van der Waals surface area contributed by atoms with Crippen LogP contribution < -0.4 is 4.74 Å². The molecule has 5 heteroatoms. The molecule has 0 bridgehead atoms. The minimum absolute atomic E-state index is 0.212. The van der Waals surface area contributed by atoms with Crippen LogP contribution in [0.15, 0.2) is 66.7 Å². The largest absolute Gasteiger partial charge is 0.457 e. The first kappa shape index (κ1) is 20.7. The second kappa shape index (κ2) is 8.95. The zero-order chi connectivity index (χ0) is 20.1. The average Bonchev–Trinajstić information content (AvgIpc) is 2.66. The second-order valence-electron chi connectivity index (χ2n) is 7.21. The fraction of sp³-hybridized carbons (Fsp3) is 0.217. The number of rotatable bonds is 7. The van der Waals surface area contributed by atoms with E-state index in [4.69, 9.17) is 32.7 Å². The van der Waals surface area contributed by atoms with Crippen molar-refractivity contribution in [2.45, 2.75) is 25.9 Å². The molecule has 0 fully saturated rings. The summed E-state index contributed by atoms with van der Waals surface area (Å²) >= 11 is 12.1. The van der Waals surface area contributed by atoms with Crippen molar-refractivity contribution in [3.05, 3.63) is 93.7 Å². The van der Waals surface area contributed by atoms with E-state index in [1.54, 1.807) is 18.2 Å². The Kier molecular flexibility index (Phi) is 6.61. The summed E-state index contributed by atoms with van der Waals surface area (Å²) in [6.45, 7) is 5.17. The van der Waals surface area contributed by atoms with E-state index in [0.29, 0.717) is 34.8 Å². The van der Waals surface area contributed by atoms with E-state index in [9.17, 15) is 4.39 Å². The minimum Gasteiger partial charge on any atom is -0.457 e. The molecule has 28 heavy (non-hydrogen) atoms. The monoisotopic (exact) mass is 418 g/mol. The molecule has 0 aliphatic rings. The van der Waals surface area contributed by atoms with E-state index in [1.807, 2.05) is 36.4 Å². The lowest BCUT2D eigenvalue weighted by Crippen LogP contribution is -2.24. The summed E-state index contributed by atoms with van der Waals surface area (Å²) in [5.74, 6) is 0.968. The lowest BCUT2D eigenvalue weighted by Gasteiger charge is -2.25. The normalized spacial score (nSPS) is 11.5. The lowest BCUT2D eigenvalue weighted by molar-refractivity contribution is 0.0824. The van der Waals surface area contributed by atoms with Crippen LogP contribution in [0.1, 0.15) is 25.0 Å². The summed E-state index contributed by atoms with van der Waals surface area (Å²) < 4.78 is 24.7. The van der Waals surface area contributed by atoms with Gasteiger partial charge < -0.3 is 9.47 Å². The Hall–Kier alpha value is -2.07. The fourth-order valence-electron chi connectivity index (χ4n) is 2.76. The van der Waals surface area contributed by atoms with Gasteiger partial charge in [0.2, 0.25) is 0 Å². The SMILES string of the molecule is CC(C)(COCc1cccc(Oc2ccc(F)cc2)c1)c1ccc(Cl)c(Cl)c1. The Morgan fingerprint density at radius 1 is 0.857 bits per heavy atom. The predicted octanol–water partition coefficient (Wildman–Crippen LogP) is 7.42. The van der Waals surface area contributed by atoms with Crippen molar-refractivity contribution in [2.75, 3.05) is 6.61 Å². The molecule has 3 aromatic carbocycles. The van der Waals surface area contributed by atoms with E-state index in [0.717, 1.165) is 11.1 Å². The smallest absolute Gasteiger partial charge is 0.127 e. The van der Waals surface area contributed by atoms with Gasteiger partial charge in [-0.25, -0.2) is 4.39 Å². The summed E-state index contributed by atoms with van der Waals surface area (Å²) in [5.41, 5.74) is 1.84. The maximum atomic E-state index is 13.0. The number of ether oxygens (including phenoxy) is 2. The average molecular weight is 419 g/mol. The van der Waals surface area contributed by atoms with Crippen molar-refractivity contribution < 1.29 is 13.9 Å². The summed E-state index contributed by atoms with van der Waals surface area (Å²) in [6.07, 6.45) is 0. The van der Waals surface area contributed by atoms with Crippen LogP contribution in [0.3, 0.4) is 0 Å². The zero-order valence-electron chi connectivity index (χ0n) is 15.7. The third kappa shape index (κ3) is 5.48. The van der Waals surface area contributed by atoms with Gasteiger partial charge in [-0.15, -0.1) is 0 Å². The van der Waals surface area contributed by atoms with Crippen LogP contribution in [0.25, 0.3) is 0 Å². The highest BCUT2D eigenvalue weighted by molar-refractivity contribution is 6.42. The van der Waals surface area contributed by atoms with Gasteiger partial charge in [-0.05, 0) is 59.7 Å². The zero-order valence-corrected chi connectivity index (χ0v) is 17.2. The van der Waals surface area contributed by atoms with Gasteiger partial charge in [0, 0.05) is 5.41 Å². The van der Waals surface area contributed by atoms with E-state index in [-0.39, 0.29) is 11.2 Å². The van der Waals surface area contributed by atoms with Crippen LogP contribution in [0.2, 0.25) is 10.0 Å². The van der Waals surface area contributed by atoms with Crippen LogP contribution >= 0.6 is 23.2 Å². The highest BCUT2D eigenvalue weighted by Crippen LogP contribution is 2.30. The first-order valence-corrected chi connectivity index (χ1v) is 9.65. The first-order valence-electron chi connectivity index (χ1n) is 8.89.